The van der Waals surface area contributed by atoms with E-state index in [1.165, 1.54) is 6.42 Å². The summed E-state index contributed by atoms with van der Waals surface area (Å²) in [6.07, 6.45) is 3.71. The predicted molar refractivity (Wildman–Crippen MR) is 68.7 cm³/mol. The lowest BCUT2D eigenvalue weighted by Gasteiger charge is -2.36. The van der Waals surface area contributed by atoms with Crippen LogP contribution in [-0.4, -0.2) is 25.8 Å². The second-order valence-electron chi connectivity index (χ2n) is 4.51. The molecule has 3 nitrogen and oxygen atoms in total. The van der Waals surface area contributed by atoms with Crippen molar-refractivity contribution < 1.29 is 9.47 Å². The maximum atomic E-state index is 5.92. The summed E-state index contributed by atoms with van der Waals surface area (Å²) < 4.78 is 11.2. The molecule has 0 radical (unpaired) electrons. The molecule has 0 amide bonds. The van der Waals surface area contributed by atoms with E-state index in [0.29, 0.717) is 12.1 Å². The molecule has 17 heavy (non-hydrogen) atoms. The van der Waals surface area contributed by atoms with E-state index in [-0.39, 0.29) is 0 Å². The number of hydrogen-bond acceptors (Lipinski definition) is 3. The van der Waals surface area contributed by atoms with E-state index >= 15 is 0 Å². The zero-order chi connectivity index (χ0) is 12.1. The van der Waals surface area contributed by atoms with Gasteiger partial charge in [-0.2, -0.15) is 0 Å². The summed E-state index contributed by atoms with van der Waals surface area (Å²) in [4.78, 5) is 0. The lowest BCUT2D eigenvalue weighted by molar-refractivity contribution is 0.0823. The van der Waals surface area contributed by atoms with Gasteiger partial charge in [-0.1, -0.05) is 19.1 Å². The van der Waals surface area contributed by atoms with Crippen molar-refractivity contribution in [3.05, 3.63) is 24.3 Å². The SMILES string of the molecule is CCCNC1CC(Oc2ccccc2OC)C1. The highest BCUT2D eigenvalue weighted by Gasteiger charge is 2.30. The van der Waals surface area contributed by atoms with Gasteiger partial charge in [-0.3, -0.25) is 0 Å². The van der Waals surface area contributed by atoms with Crippen LogP contribution in [0.5, 0.6) is 11.5 Å². The molecule has 0 heterocycles. The first-order valence-corrected chi connectivity index (χ1v) is 6.36. The van der Waals surface area contributed by atoms with Gasteiger partial charge in [0.25, 0.3) is 0 Å². The Hall–Kier alpha value is -1.22. The zero-order valence-electron chi connectivity index (χ0n) is 10.6. The second kappa shape index (κ2) is 5.92. The molecule has 0 unspecified atom stereocenters. The zero-order valence-corrected chi connectivity index (χ0v) is 10.6. The van der Waals surface area contributed by atoms with Crippen molar-refractivity contribution in [2.45, 2.75) is 38.3 Å². The highest BCUT2D eigenvalue weighted by atomic mass is 16.5. The minimum atomic E-state index is 0.334. The highest BCUT2D eigenvalue weighted by molar-refractivity contribution is 5.39. The van der Waals surface area contributed by atoms with Gasteiger partial charge in [0.15, 0.2) is 11.5 Å². The number of hydrogen-bond donors (Lipinski definition) is 1. The summed E-state index contributed by atoms with van der Waals surface area (Å²) in [7, 11) is 1.68. The average molecular weight is 235 g/mol. The Morgan fingerprint density at radius 2 is 1.94 bits per heavy atom. The standard InChI is InChI=1S/C14H21NO2/c1-3-8-15-11-9-12(10-11)17-14-7-5-4-6-13(14)16-2/h4-7,11-12,15H,3,8-10H2,1-2H3. The fourth-order valence-electron chi connectivity index (χ4n) is 2.07. The number of rotatable bonds is 6. The number of nitrogens with one attached hydrogen (secondary N) is 1. The van der Waals surface area contributed by atoms with Gasteiger partial charge in [0, 0.05) is 6.04 Å². The molecule has 1 aliphatic rings. The lowest BCUT2D eigenvalue weighted by atomic mass is 9.89. The maximum Gasteiger partial charge on any atom is 0.161 e. The van der Waals surface area contributed by atoms with E-state index in [4.69, 9.17) is 9.47 Å². The molecule has 1 saturated carbocycles. The lowest BCUT2D eigenvalue weighted by Crippen LogP contribution is -2.47. The molecular weight excluding hydrogens is 214 g/mol. The summed E-state index contributed by atoms with van der Waals surface area (Å²) in [5, 5.41) is 3.50. The molecule has 1 N–H and O–H groups in total. The summed E-state index contributed by atoms with van der Waals surface area (Å²) in [6.45, 7) is 3.29. The molecule has 3 heteroatoms. The maximum absolute atomic E-state index is 5.92. The number of methoxy groups -OCH3 is 1. The fraction of sp³-hybridized carbons (Fsp3) is 0.571. The normalized spacial score (nSPS) is 22.9. The third-order valence-electron chi connectivity index (χ3n) is 3.14. The van der Waals surface area contributed by atoms with E-state index in [1.807, 2.05) is 24.3 Å². The van der Waals surface area contributed by atoms with Crippen LogP contribution in [0.25, 0.3) is 0 Å². The van der Waals surface area contributed by atoms with Crippen LogP contribution in [0.4, 0.5) is 0 Å². The third kappa shape index (κ3) is 3.13. The van der Waals surface area contributed by atoms with Gasteiger partial charge in [0.05, 0.1) is 7.11 Å². The Bertz CT molecular complexity index is 348. The molecule has 2 rings (SSSR count). The first-order chi connectivity index (χ1) is 8.33. The van der Waals surface area contributed by atoms with Crippen molar-refractivity contribution >= 4 is 0 Å². The summed E-state index contributed by atoms with van der Waals surface area (Å²) in [5.74, 6) is 1.67. The van der Waals surface area contributed by atoms with Gasteiger partial charge in [0.1, 0.15) is 6.10 Å². The Kier molecular flexibility index (Phi) is 4.26. The topological polar surface area (TPSA) is 30.5 Å². The summed E-state index contributed by atoms with van der Waals surface area (Å²) in [5.41, 5.74) is 0. The van der Waals surface area contributed by atoms with Crippen LogP contribution in [0.3, 0.4) is 0 Å². The predicted octanol–water partition coefficient (Wildman–Crippen LogP) is 2.60. The highest BCUT2D eigenvalue weighted by Crippen LogP contribution is 2.31. The monoisotopic (exact) mass is 235 g/mol. The molecule has 0 spiro atoms. The largest absolute Gasteiger partial charge is 0.493 e. The van der Waals surface area contributed by atoms with Crippen LogP contribution >= 0.6 is 0 Å². The average Bonchev–Trinajstić information content (AvgIpc) is 2.32. The first-order valence-electron chi connectivity index (χ1n) is 6.36. The van der Waals surface area contributed by atoms with E-state index in [9.17, 15) is 0 Å². The molecule has 94 valence electrons. The Labute approximate surface area is 103 Å². The molecular formula is C14H21NO2. The molecule has 0 aromatic heterocycles. The third-order valence-corrected chi connectivity index (χ3v) is 3.14. The van der Waals surface area contributed by atoms with Crippen LogP contribution in [0.15, 0.2) is 24.3 Å². The molecule has 1 fully saturated rings. The van der Waals surface area contributed by atoms with Gasteiger partial charge in [0.2, 0.25) is 0 Å². The summed E-state index contributed by atoms with van der Waals surface area (Å²) >= 11 is 0. The minimum Gasteiger partial charge on any atom is -0.493 e. The van der Waals surface area contributed by atoms with Gasteiger partial charge in [-0.25, -0.2) is 0 Å². The molecule has 0 aliphatic heterocycles. The van der Waals surface area contributed by atoms with Crippen molar-refractivity contribution in [1.29, 1.82) is 0 Å². The Balaban J connectivity index is 1.79. The van der Waals surface area contributed by atoms with Crippen molar-refractivity contribution in [3.8, 4) is 11.5 Å². The van der Waals surface area contributed by atoms with Gasteiger partial charge < -0.3 is 14.8 Å². The van der Waals surface area contributed by atoms with E-state index in [2.05, 4.69) is 12.2 Å². The molecule has 1 aromatic rings. The minimum absolute atomic E-state index is 0.334. The number of para-hydroxylation sites is 2. The number of ether oxygens (including phenoxy) is 2. The second-order valence-corrected chi connectivity index (χ2v) is 4.51. The van der Waals surface area contributed by atoms with E-state index in [1.54, 1.807) is 7.11 Å². The van der Waals surface area contributed by atoms with E-state index in [0.717, 1.165) is 30.9 Å². The fourth-order valence-corrected chi connectivity index (χ4v) is 2.07. The van der Waals surface area contributed by atoms with Crippen molar-refractivity contribution in [2.24, 2.45) is 0 Å². The van der Waals surface area contributed by atoms with Crippen LogP contribution in [0.1, 0.15) is 26.2 Å². The molecule has 0 atom stereocenters. The quantitative estimate of drug-likeness (QED) is 0.822. The molecule has 0 bridgehead atoms. The van der Waals surface area contributed by atoms with Crippen molar-refractivity contribution in [1.82, 2.24) is 5.32 Å². The van der Waals surface area contributed by atoms with Gasteiger partial charge in [-0.05, 0) is 37.9 Å². The van der Waals surface area contributed by atoms with E-state index < -0.39 is 0 Å². The molecule has 1 aliphatic carbocycles. The van der Waals surface area contributed by atoms with Crippen molar-refractivity contribution in [2.75, 3.05) is 13.7 Å². The Morgan fingerprint density at radius 3 is 2.59 bits per heavy atom. The van der Waals surface area contributed by atoms with Gasteiger partial charge in [-0.15, -0.1) is 0 Å². The van der Waals surface area contributed by atoms with Crippen molar-refractivity contribution in [3.63, 3.8) is 0 Å². The van der Waals surface area contributed by atoms with Crippen LogP contribution in [0, 0.1) is 0 Å². The first kappa shape index (κ1) is 12.2. The van der Waals surface area contributed by atoms with Crippen LogP contribution in [-0.2, 0) is 0 Å². The van der Waals surface area contributed by atoms with Gasteiger partial charge >= 0.3 is 0 Å². The number of benzene rings is 1. The smallest absolute Gasteiger partial charge is 0.161 e. The Morgan fingerprint density at radius 1 is 1.24 bits per heavy atom. The molecule has 0 saturated heterocycles. The molecule has 1 aromatic carbocycles. The summed E-state index contributed by atoms with van der Waals surface area (Å²) in [6, 6.07) is 8.46. The van der Waals surface area contributed by atoms with Crippen LogP contribution < -0.4 is 14.8 Å². The van der Waals surface area contributed by atoms with Crippen LogP contribution in [0.2, 0.25) is 0 Å².